The topological polar surface area (TPSA) is 87.0 Å². The number of hydrogen-bond donors (Lipinski definition) is 2. The van der Waals surface area contributed by atoms with E-state index in [9.17, 15) is 4.79 Å². The third-order valence-electron chi connectivity index (χ3n) is 4.23. The smallest absolute Gasteiger partial charge is 0.258 e. The second kappa shape index (κ2) is 6.72. The molecule has 1 fully saturated rings. The predicted molar refractivity (Wildman–Crippen MR) is 93.3 cm³/mol. The first kappa shape index (κ1) is 16.6. The summed E-state index contributed by atoms with van der Waals surface area (Å²) in [6, 6.07) is 9.16. The average Bonchev–Trinajstić information content (AvgIpc) is 3.04. The molecule has 126 valence electrons. The number of piperazine rings is 1. The molecule has 1 aliphatic rings. The second-order valence-electron chi connectivity index (χ2n) is 5.75. The largest absolute Gasteiger partial charge is 0.334 e. The molecule has 1 aliphatic heterocycles. The number of nitrogens with one attached hydrogen (secondary N) is 2. The molecule has 1 saturated heterocycles. The van der Waals surface area contributed by atoms with Crippen LogP contribution in [0.3, 0.4) is 0 Å². The van der Waals surface area contributed by atoms with E-state index in [0.717, 1.165) is 30.5 Å². The third kappa shape index (κ3) is 2.93. The van der Waals surface area contributed by atoms with Gasteiger partial charge in [-0.2, -0.15) is 4.98 Å². The van der Waals surface area contributed by atoms with Crippen molar-refractivity contribution in [2.75, 3.05) is 26.7 Å². The van der Waals surface area contributed by atoms with Gasteiger partial charge in [-0.25, -0.2) is 0 Å². The molecule has 3 heterocycles. The molecule has 0 spiro atoms. The molecular weight excluding hydrogens is 330 g/mol. The van der Waals surface area contributed by atoms with Crippen LogP contribution in [0.2, 0.25) is 0 Å². The van der Waals surface area contributed by atoms with Crippen LogP contribution in [0.4, 0.5) is 0 Å². The summed E-state index contributed by atoms with van der Waals surface area (Å²) in [5, 5.41) is 8.34. The first-order chi connectivity index (χ1) is 11.2. The van der Waals surface area contributed by atoms with Gasteiger partial charge in [0.05, 0.1) is 11.6 Å². The lowest BCUT2D eigenvalue weighted by Gasteiger charge is -2.30. The Morgan fingerprint density at radius 1 is 1.33 bits per heavy atom. The van der Waals surface area contributed by atoms with Gasteiger partial charge in [0.15, 0.2) is 5.82 Å². The number of hydrogen-bond acceptors (Lipinski definition) is 6. The molecule has 0 saturated carbocycles. The maximum Gasteiger partial charge on any atom is 0.258 e. The van der Waals surface area contributed by atoms with Crippen LogP contribution >= 0.6 is 12.4 Å². The van der Waals surface area contributed by atoms with Gasteiger partial charge in [-0.15, -0.1) is 12.4 Å². The average molecular weight is 348 g/mol. The summed E-state index contributed by atoms with van der Waals surface area (Å²) >= 11 is 0. The molecule has 0 bridgehead atoms. The quantitative estimate of drug-likeness (QED) is 0.732. The van der Waals surface area contributed by atoms with Gasteiger partial charge >= 0.3 is 0 Å². The Morgan fingerprint density at radius 3 is 3.00 bits per heavy atom. The number of halogens is 1. The second-order valence-corrected chi connectivity index (χ2v) is 5.75. The van der Waals surface area contributed by atoms with Crippen LogP contribution < -0.4 is 10.9 Å². The van der Waals surface area contributed by atoms with E-state index < -0.39 is 0 Å². The highest BCUT2D eigenvalue weighted by Crippen LogP contribution is 2.26. The Labute approximate surface area is 144 Å². The fourth-order valence-electron chi connectivity index (χ4n) is 2.96. The molecule has 3 aromatic rings. The number of H-pyrrole nitrogens is 1. The maximum atomic E-state index is 11.9. The van der Waals surface area contributed by atoms with Crippen LogP contribution in [0.25, 0.3) is 22.4 Å². The van der Waals surface area contributed by atoms with Gasteiger partial charge in [0.1, 0.15) is 0 Å². The Bertz CT molecular complexity index is 907. The van der Waals surface area contributed by atoms with Crippen molar-refractivity contribution in [3.8, 4) is 11.5 Å². The maximum absolute atomic E-state index is 11.9. The van der Waals surface area contributed by atoms with E-state index in [0.29, 0.717) is 17.3 Å². The molecule has 1 aromatic carbocycles. The summed E-state index contributed by atoms with van der Waals surface area (Å²) < 4.78 is 5.45. The van der Waals surface area contributed by atoms with Gasteiger partial charge in [-0.05, 0) is 13.1 Å². The van der Waals surface area contributed by atoms with Crippen molar-refractivity contribution in [2.24, 2.45) is 0 Å². The van der Waals surface area contributed by atoms with Gasteiger partial charge in [-0.1, -0.05) is 23.4 Å². The SMILES string of the molecule is CN1CCNCC1c1noc(-c2cc(=O)[nH]c3ccccc23)n1.Cl. The number of benzene rings is 1. The van der Waals surface area contributed by atoms with Crippen molar-refractivity contribution in [2.45, 2.75) is 6.04 Å². The standard InChI is InChI=1S/C16H17N5O2.ClH/c1-21-7-6-17-9-13(21)15-19-16(23-20-15)11-8-14(22)18-12-5-3-2-4-10(11)12;/h2-5,8,13,17H,6-7,9H2,1H3,(H,18,22);1H. The summed E-state index contributed by atoms with van der Waals surface area (Å²) in [6.07, 6.45) is 0. The number of likely N-dealkylation sites (N-methyl/N-ethyl adjacent to an activating group) is 1. The summed E-state index contributed by atoms with van der Waals surface area (Å²) in [6.45, 7) is 2.67. The first-order valence-electron chi connectivity index (χ1n) is 7.59. The normalized spacial score (nSPS) is 18.5. The Kier molecular flexibility index (Phi) is 4.66. The van der Waals surface area contributed by atoms with Crippen LogP contribution in [0.15, 0.2) is 39.6 Å². The fourth-order valence-corrected chi connectivity index (χ4v) is 2.96. The molecule has 2 aromatic heterocycles. The monoisotopic (exact) mass is 347 g/mol. The van der Waals surface area contributed by atoms with E-state index in [1.807, 2.05) is 31.3 Å². The van der Waals surface area contributed by atoms with Crippen molar-refractivity contribution < 1.29 is 4.52 Å². The van der Waals surface area contributed by atoms with Gasteiger partial charge in [-0.3, -0.25) is 9.69 Å². The van der Waals surface area contributed by atoms with Crippen LogP contribution in [0.5, 0.6) is 0 Å². The molecule has 1 unspecified atom stereocenters. The highest BCUT2D eigenvalue weighted by Gasteiger charge is 2.26. The van der Waals surface area contributed by atoms with Gasteiger partial charge < -0.3 is 14.8 Å². The Balaban J connectivity index is 0.00000169. The van der Waals surface area contributed by atoms with E-state index in [1.54, 1.807) is 0 Å². The predicted octanol–water partition coefficient (Wildman–Crippen LogP) is 1.58. The van der Waals surface area contributed by atoms with Crippen LogP contribution in [-0.2, 0) is 0 Å². The molecule has 0 amide bonds. The molecule has 0 radical (unpaired) electrons. The van der Waals surface area contributed by atoms with Crippen LogP contribution in [-0.4, -0.2) is 46.7 Å². The van der Waals surface area contributed by atoms with Crippen LogP contribution in [0.1, 0.15) is 11.9 Å². The molecular formula is C16H18ClN5O2. The molecule has 7 nitrogen and oxygen atoms in total. The number of aromatic nitrogens is 3. The van der Waals surface area contributed by atoms with Crippen molar-refractivity contribution in [1.29, 1.82) is 0 Å². The summed E-state index contributed by atoms with van der Waals surface area (Å²) in [5.74, 6) is 1.01. The van der Waals surface area contributed by atoms with E-state index in [1.165, 1.54) is 6.07 Å². The zero-order valence-electron chi connectivity index (χ0n) is 13.2. The number of para-hydroxylation sites is 1. The Morgan fingerprint density at radius 2 is 2.17 bits per heavy atom. The van der Waals surface area contributed by atoms with Crippen molar-refractivity contribution in [3.05, 3.63) is 46.5 Å². The summed E-state index contributed by atoms with van der Waals surface area (Å²) in [7, 11) is 2.05. The van der Waals surface area contributed by atoms with E-state index in [2.05, 4.69) is 25.3 Å². The summed E-state index contributed by atoms with van der Waals surface area (Å²) in [5.41, 5.74) is 1.23. The zero-order chi connectivity index (χ0) is 15.8. The zero-order valence-corrected chi connectivity index (χ0v) is 14.0. The lowest BCUT2D eigenvalue weighted by atomic mass is 10.1. The van der Waals surface area contributed by atoms with Crippen molar-refractivity contribution >= 4 is 23.3 Å². The van der Waals surface area contributed by atoms with Crippen molar-refractivity contribution in [3.63, 3.8) is 0 Å². The molecule has 1 atom stereocenters. The number of pyridine rings is 1. The molecule has 8 heteroatoms. The highest BCUT2D eigenvalue weighted by molar-refractivity contribution is 5.91. The first-order valence-corrected chi connectivity index (χ1v) is 7.59. The van der Waals surface area contributed by atoms with E-state index >= 15 is 0 Å². The third-order valence-corrected chi connectivity index (χ3v) is 4.23. The Hall–Kier alpha value is -2.22. The van der Waals surface area contributed by atoms with Crippen LogP contribution in [0, 0.1) is 0 Å². The molecule has 2 N–H and O–H groups in total. The van der Waals surface area contributed by atoms with Gasteiger partial charge in [0.2, 0.25) is 5.56 Å². The fraction of sp³-hybridized carbons (Fsp3) is 0.312. The van der Waals surface area contributed by atoms with Gasteiger partial charge in [0.25, 0.3) is 5.89 Å². The lowest BCUT2D eigenvalue weighted by molar-refractivity contribution is 0.190. The number of rotatable bonds is 2. The number of aromatic amines is 1. The minimum Gasteiger partial charge on any atom is -0.334 e. The minimum absolute atomic E-state index is 0. The van der Waals surface area contributed by atoms with E-state index in [-0.39, 0.29) is 24.0 Å². The lowest BCUT2D eigenvalue weighted by Crippen LogP contribution is -2.44. The highest BCUT2D eigenvalue weighted by atomic mass is 35.5. The van der Waals surface area contributed by atoms with E-state index in [4.69, 9.17) is 4.52 Å². The molecule has 24 heavy (non-hydrogen) atoms. The van der Waals surface area contributed by atoms with Crippen molar-refractivity contribution in [1.82, 2.24) is 25.3 Å². The molecule has 0 aliphatic carbocycles. The minimum atomic E-state index is -0.185. The molecule has 4 rings (SSSR count). The summed E-state index contributed by atoms with van der Waals surface area (Å²) in [4.78, 5) is 21.4. The number of fused-ring (bicyclic) bond motifs is 1. The number of nitrogens with zero attached hydrogens (tertiary/aromatic N) is 3. The van der Waals surface area contributed by atoms with Gasteiger partial charge in [0, 0.05) is 36.6 Å².